The molecule has 1 aromatic carbocycles. The Balaban J connectivity index is 2.38. The number of hydrogen-bond donors (Lipinski definition) is 1. The molecule has 2 rings (SSSR count). The highest BCUT2D eigenvalue weighted by Crippen LogP contribution is 2.24. The highest BCUT2D eigenvalue weighted by Gasteiger charge is 2.11. The van der Waals surface area contributed by atoms with Crippen molar-refractivity contribution in [2.24, 2.45) is 0 Å². The highest BCUT2D eigenvalue weighted by atomic mass is 79.9. The average Bonchev–Trinajstić information content (AvgIpc) is 2.43. The smallest absolute Gasteiger partial charge is 0.144 e. The van der Waals surface area contributed by atoms with E-state index in [0.717, 1.165) is 22.4 Å². The van der Waals surface area contributed by atoms with Crippen molar-refractivity contribution in [2.45, 2.75) is 19.8 Å². The van der Waals surface area contributed by atoms with Crippen LogP contribution in [0.4, 0.5) is 10.2 Å². The molecule has 19 heavy (non-hydrogen) atoms. The minimum absolute atomic E-state index is 0.224. The highest BCUT2D eigenvalue weighted by molar-refractivity contribution is 9.10. The van der Waals surface area contributed by atoms with Gasteiger partial charge in [-0.2, -0.15) is 0 Å². The maximum Gasteiger partial charge on any atom is 0.144 e. The Morgan fingerprint density at radius 3 is 2.63 bits per heavy atom. The van der Waals surface area contributed by atoms with E-state index in [-0.39, 0.29) is 5.82 Å². The molecule has 0 aliphatic heterocycles. The molecule has 0 radical (unpaired) electrons. The van der Waals surface area contributed by atoms with E-state index in [9.17, 15) is 4.39 Å². The standard InChI is InChI=1S/C14H15BrFN3/c1-3-11-13(15)14(17-2)19-12(18-11)8-9-6-4-5-7-10(9)16/h4-7H,3,8H2,1-2H3,(H,17,18,19). The van der Waals surface area contributed by atoms with Gasteiger partial charge in [-0.05, 0) is 34.0 Å². The van der Waals surface area contributed by atoms with Crippen LogP contribution in [0, 0.1) is 5.82 Å². The van der Waals surface area contributed by atoms with Gasteiger partial charge in [0.05, 0.1) is 10.2 Å². The predicted octanol–water partition coefficient (Wildman–Crippen LogP) is 3.57. The van der Waals surface area contributed by atoms with E-state index < -0.39 is 0 Å². The zero-order valence-electron chi connectivity index (χ0n) is 10.9. The van der Waals surface area contributed by atoms with Gasteiger partial charge < -0.3 is 5.32 Å². The van der Waals surface area contributed by atoms with Crippen LogP contribution in [0.2, 0.25) is 0 Å². The number of hydrogen-bond acceptors (Lipinski definition) is 3. The summed E-state index contributed by atoms with van der Waals surface area (Å²) in [5, 5.41) is 3.02. The molecule has 0 atom stereocenters. The molecule has 1 N–H and O–H groups in total. The molecule has 0 aliphatic carbocycles. The molecule has 1 heterocycles. The number of anilines is 1. The number of rotatable bonds is 4. The average molecular weight is 324 g/mol. The molecule has 0 bridgehead atoms. The van der Waals surface area contributed by atoms with Gasteiger partial charge in [0.2, 0.25) is 0 Å². The Kier molecular flexibility index (Phi) is 4.47. The van der Waals surface area contributed by atoms with Gasteiger partial charge >= 0.3 is 0 Å². The van der Waals surface area contributed by atoms with E-state index in [1.807, 2.05) is 13.0 Å². The molecule has 1 aromatic heterocycles. The van der Waals surface area contributed by atoms with Crippen LogP contribution in [0.15, 0.2) is 28.7 Å². The third-order valence-electron chi connectivity index (χ3n) is 2.84. The van der Waals surface area contributed by atoms with Crippen LogP contribution in [0.3, 0.4) is 0 Å². The second-order valence-corrected chi connectivity index (χ2v) is 4.91. The molecule has 100 valence electrons. The molecule has 0 aliphatic rings. The molecule has 2 aromatic rings. The van der Waals surface area contributed by atoms with Crippen molar-refractivity contribution in [3.05, 3.63) is 51.6 Å². The maximum absolute atomic E-state index is 13.6. The van der Waals surface area contributed by atoms with Crippen LogP contribution in [0.5, 0.6) is 0 Å². The van der Waals surface area contributed by atoms with Crippen molar-refractivity contribution < 1.29 is 4.39 Å². The van der Waals surface area contributed by atoms with Gasteiger partial charge in [-0.25, -0.2) is 14.4 Å². The molecular weight excluding hydrogens is 309 g/mol. The largest absolute Gasteiger partial charge is 0.372 e. The van der Waals surface area contributed by atoms with Gasteiger partial charge in [-0.15, -0.1) is 0 Å². The fourth-order valence-corrected chi connectivity index (χ4v) is 2.49. The fraction of sp³-hybridized carbons (Fsp3) is 0.286. The molecule has 0 saturated carbocycles. The topological polar surface area (TPSA) is 37.8 Å². The molecule has 3 nitrogen and oxygen atoms in total. The first-order valence-corrected chi connectivity index (χ1v) is 6.91. The fourth-order valence-electron chi connectivity index (χ4n) is 1.84. The minimum atomic E-state index is -0.224. The zero-order valence-corrected chi connectivity index (χ0v) is 12.5. The van der Waals surface area contributed by atoms with Gasteiger partial charge in [-0.1, -0.05) is 25.1 Å². The third-order valence-corrected chi connectivity index (χ3v) is 3.68. The SMILES string of the molecule is CCc1nc(Cc2ccccc2F)nc(NC)c1Br. The summed E-state index contributed by atoms with van der Waals surface area (Å²) in [6.45, 7) is 2.03. The van der Waals surface area contributed by atoms with Crippen LogP contribution in [0.25, 0.3) is 0 Å². The molecular formula is C14H15BrFN3. The first-order chi connectivity index (χ1) is 9.15. The lowest BCUT2D eigenvalue weighted by molar-refractivity contribution is 0.612. The second-order valence-electron chi connectivity index (χ2n) is 4.12. The number of nitrogens with one attached hydrogen (secondary N) is 1. The third kappa shape index (κ3) is 3.10. The van der Waals surface area contributed by atoms with Gasteiger partial charge in [0.25, 0.3) is 0 Å². The molecule has 0 fully saturated rings. The predicted molar refractivity (Wildman–Crippen MR) is 77.9 cm³/mol. The molecule has 0 saturated heterocycles. The van der Waals surface area contributed by atoms with E-state index >= 15 is 0 Å². The number of halogens is 2. The van der Waals surface area contributed by atoms with Crippen molar-refractivity contribution in [2.75, 3.05) is 12.4 Å². The maximum atomic E-state index is 13.6. The minimum Gasteiger partial charge on any atom is -0.372 e. The van der Waals surface area contributed by atoms with E-state index in [0.29, 0.717) is 17.8 Å². The number of aryl methyl sites for hydroxylation is 1. The summed E-state index contributed by atoms with van der Waals surface area (Å²) in [4.78, 5) is 8.87. The summed E-state index contributed by atoms with van der Waals surface area (Å²) >= 11 is 3.47. The quantitative estimate of drug-likeness (QED) is 0.934. The normalized spacial score (nSPS) is 10.5. The Bertz CT molecular complexity index is 562. The number of nitrogens with zero attached hydrogens (tertiary/aromatic N) is 2. The number of aromatic nitrogens is 2. The zero-order chi connectivity index (χ0) is 13.8. The Morgan fingerprint density at radius 2 is 2.00 bits per heavy atom. The van der Waals surface area contributed by atoms with Crippen molar-refractivity contribution >= 4 is 21.7 Å². The summed E-state index contributed by atoms with van der Waals surface area (Å²) in [7, 11) is 1.80. The first kappa shape index (κ1) is 13.9. The van der Waals surface area contributed by atoms with Gasteiger partial charge in [0, 0.05) is 13.5 Å². The lowest BCUT2D eigenvalue weighted by Gasteiger charge is -2.10. The van der Waals surface area contributed by atoms with Crippen molar-refractivity contribution in [3.8, 4) is 0 Å². The summed E-state index contributed by atoms with van der Waals surface area (Å²) in [5.41, 5.74) is 1.53. The van der Waals surface area contributed by atoms with Gasteiger partial charge in [0.1, 0.15) is 17.5 Å². The summed E-state index contributed by atoms with van der Waals surface area (Å²) in [6, 6.07) is 6.70. The van der Waals surface area contributed by atoms with E-state index in [1.165, 1.54) is 6.07 Å². The molecule has 0 amide bonds. The second kappa shape index (κ2) is 6.10. The van der Waals surface area contributed by atoms with Gasteiger partial charge in [-0.3, -0.25) is 0 Å². The molecule has 0 spiro atoms. The van der Waals surface area contributed by atoms with Crippen LogP contribution in [-0.4, -0.2) is 17.0 Å². The van der Waals surface area contributed by atoms with Crippen LogP contribution in [-0.2, 0) is 12.8 Å². The van der Waals surface area contributed by atoms with Gasteiger partial charge in [0.15, 0.2) is 0 Å². The summed E-state index contributed by atoms with van der Waals surface area (Å²) < 4.78 is 14.5. The van der Waals surface area contributed by atoms with Crippen molar-refractivity contribution in [1.29, 1.82) is 0 Å². The monoisotopic (exact) mass is 323 g/mol. The Hall–Kier alpha value is -1.49. The number of benzene rings is 1. The van der Waals surface area contributed by atoms with E-state index in [4.69, 9.17) is 0 Å². The first-order valence-electron chi connectivity index (χ1n) is 6.12. The lowest BCUT2D eigenvalue weighted by Crippen LogP contribution is -2.06. The Labute approximate surface area is 120 Å². The Morgan fingerprint density at radius 1 is 1.26 bits per heavy atom. The van der Waals surface area contributed by atoms with Crippen LogP contribution in [0.1, 0.15) is 24.0 Å². The van der Waals surface area contributed by atoms with E-state index in [2.05, 4.69) is 31.2 Å². The summed E-state index contributed by atoms with van der Waals surface area (Å²) in [5.74, 6) is 1.13. The van der Waals surface area contributed by atoms with Crippen molar-refractivity contribution in [1.82, 2.24) is 9.97 Å². The van der Waals surface area contributed by atoms with Crippen LogP contribution >= 0.6 is 15.9 Å². The lowest BCUT2D eigenvalue weighted by atomic mass is 10.1. The molecule has 0 unspecified atom stereocenters. The van der Waals surface area contributed by atoms with Crippen LogP contribution < -0.4 is 5.32 Å². The molecule has 5 heteroatoms. The van der Waals surface area contributed by atoms with Crippen molar-refractivity contribution in [3.63, 3.8) is 0 Å². The summed E-state index contributed by atoms with van der Waals surface area (Å²) in [6.07, 6.45) is 1.18. The van der Waals surface area contributed by atoms with E-state index in [1.54, 1.807) is 19.2 Å².